The molecule has 3 heterocycles. The van der Waals surface area contributed by atoms with Crippen LogP contribution in [0, 0.1) is 0 Å². The van der Waals surface area contributed by atoms with E-state index in [0.29, 0.717) is 11.5 Å². The number of fused-ring (bicyclic) bond motifs is 1. The second kappa shape index (κ2) is 6.24. The Kier molecular flexibility index (Phi) is 3.78. The van der Waals surface area contributed by atoms with Crippen molar-refractivity contribution in [3.8, 4) is 34.1 Å². The molecule has 0 unspecified atom stereocenters. The van der Waals surface area contributed by atoms with E-state index in [1.807, 2.05) is 59.1 Å². The van der Waals surface area contributed by atoms with Gasteiger partial charge in [0, 0.05) is 23.5 Å². The van der Waals surface area contributed by atoms with Crippen LogP contribution in [-0.2, 0) is 0 Å². The van der Waals surface area contributed by atoms with Crippen LogP contribution in [0.5, 0.6) is 11.5 Å². The van der Waals surface area contributed by atoms with Gasteiger partial charge in [-0.25, -0.2) is 0 Å². The van der Waals surface area contributed by atoms with Crippen molar-refractivity contribution in [3.63, 3.8) is 0 Å². The third-order valence-corrected chi connectivity index (χ3v) is 4.00. The smallest absolute Gasteiger partial charge is 0.168 e. The van der Waals surface area contributed by atoms with E-state index in [0.717, 1.165) is 28.3 Å². The molecule has 3 aromatic heterocycles. The molecule has 6 nitrogen and oxygen atoms in total. The second-order valence-electron chi connectivity index (χ2n) is 5.45. The van der Waals surface area contributed by atoms with Crippen molar-refractivity contribution in [2.75, 3.05) is 14.2 Å². The fourth-order valence-electron chi connectivity index (χ4n) is 2.75. The molecule has 0 saturated heterocycles. The summed E-state index contributed by atoms with van der Waals surface area (Å²) in [7, 11) is 3.23. The SMILES string of the molecule is COc1ccc(-c2nnc3ccc(-c4ccccn4)cn23)cc1OC. The van der Waals surface area contributed by atoms with E-state index >= 15 is 0 Å². The number of benzene rings is 1. The van der Waals surface area contributed by atoms with Crippen LogP contribution in [-0.4, -0.2) is 33.8 Å². The van der Waals surface area contributed by atoms with E-state index in [1.165, 1.54) is 0 Å². The summed E-state index contributed by atoms with van der Waals surface area (Å²) in [4.78, 5) is 4.40. The number of methoxy groups -OCH3 is 2. The number of hydrogen-bond donors (Lipinski definition) is 0. The summed E-state index contributed by atoms with van der Waals surface area (Å²) < 4.78 is 12.6. The molecular formula is C19H16N4O2. The Morgan fingerprint density at radius 2 is 1.68 bits per heavy atom. The lowest BCUT2D eigenvalue weighted by Crippen LogP contribution is -1.94. The Morgan fingerprint density at radius 1 is 0.840 bits per heavy atom. The Hall–Kier alpha value is -3.41. The van der Waals surface area contributed by atoms with Crippen molar-refractivity contribution in [1.82, 2.24) is 19.6 Å². The fraction of sp³-hybridized carbons (Fsp3) is 0.105. The number of rotatable bonds is 4. The minimum Gasteiger partial charge on any atom is -0.493 e. The fourth-order valence-corrected chi connectivity index (χ4v) is 2.75. The van der Waals surface area contributed by atoms with E-state index in [-0.39, 0.29) is 0 Å². The summed E-state index contributed by atoms with van der Waals surface area (Å²) >= 11 is 0. The molecule has 0 aliphatic rings. The minimum atomic E-state index is 0.651. The second-order valence-corrected chi connectivity index (χ2v) is 5.45. The number of hydrogen-bond acceptors (Lipinski definition) is 5. The summed E-state index contributed by atoms with van der Waals surface area (Å²) in [6.07, 6.45) is 3.77. The highest BCUT2D eigenvalue weighted by Gasteiger charge is 2.12. The molecule has 4 aromatic rings. The zero-order valence-corrected chi connectivity index (χ0v) is 13.9. The van der Waals surface area contributed by atoms with Crippen LogP contribution < -0.4 is 9.47 Å². The van der Waals surface area contributed by atoms with Crippen molar-refractivity contribution in [2.45, 2.75) is 0 Å². The van der Waals surface area contributed by atoms with Gasteiger partial charge in [0.2, 0.25) is 0 Å². The first-order valence-corrected chi connectivity index (χ1v) is 7.79. The van der Waals surface area contributed by atoms with E-state index in [1.54, 1.807) is 20.4 Å². The predicted octanol–water partition coefficient (Wildman–Crippen LogP) is 3.48. The Balaban J connectivity index is 1.85. The van der Waals surface area contributed by atoms with Crippen LogP contribution in [0.4, 0.5) is 0 Å². The van der Waals surface area contributed by atoms with Gasteiger partial charge >= 0.3 is 0 Å². The summed E-state index contributed by atoms with van der Waals surface area (Å²) in [5.74, 6) is 2.06. The largest absolute Gasteiger partial charge is 0.493 e. The molecule has 6 heteroatoms. The highest BCUT2D eigenvalue weighted by atomic mass is 16.5. The van der Waals surface area contributed by atoms with E-state index < -0.39 is 0 Å². The molecule has 0 bridgehead atoms. The molecule has 1 aromatic carbocycles. The minimum absolute atomic E-state index is 0.651. The topological polar surface area (TPSA) is 61.5 Å². The lowest BCUT2D eigenvalue weighted by Gasteiger charge is -2.09. The Labute approximate surface area is 144 Å². The number of nitrogens with zero attached hydrogens (tertiary/aromatic N) is 4. The van der Waals surface area contributed by atoms with Crippen LogP contribution in [0.3, 0.4) is 0 Å². The molecule has 0 amide bonds. The Morgan fingerprint density at radius 3 is 2.44 bits per heavy atom. The van der Waals surface area contributed by atoms with Gasteiger partial charge in [-0.05, 0) is 42.5 Å². The molecule has 0 fully saturated rings. The van der Waals surface area contributed by atoms with Gasteiger partial charge in [0.05, 0.1) is 19.9 Å². The molecule has 0 spiro atoms. The van der Waals surface area contributed by atoms with Gasteiger partial charge in [-0.2, -0.15) is 0 Å². The molecule has 0 aliphatic heterocycles. The van der Waals surface area contributed by atoms with Crippen LogP contribution in [0.15, 0.2) is 60.9 Å². The Bertz CT molecular complexity index is 1030. The molecule has 0 aliphatic carbocycles. The van der Waals surface area contributed by atoms with Gasteiger partial charge in [-0.3, -0.25) is 9.38 Å². The number of ether oxygens (including phenoxy) is 2. The highest BCUT2D eigenvalue weighted by Crippen LogP contribution is 2.32. The maximum Gasteiger partial charge on any atom is 0.168 e. The van der Waals surface area contributed by atoms with Gasteiger partial charge in [-0.15, -0.1) is 10.2 Å². The average Bonchev–Trinajstić information content (AvgIpc) is 3.11. The van der Waals surface area contributed by atoms with Crippen molar-refractivity contribution in [3.05, 3.63) is 60.9 Å². The molecule has 25 heavy (non-hydrogen) atoms. The zero-order chi connectivity index (χ0) is 17.2. The lowest BCUT2D eigenvalue weighted by molar-refractivity contribution is 0.355. The van der Waals surface area contributed by atoms with Crippen molar-refractivity contribution < 1.29 is 9.47 Å². The lowest BCUT2D eigenvalue weighted by atomic mass is 10.1. The third kappa shape index (κ3) is 2.67. The molecular weight excluding hydrogens is 316 g/mol. The molecule has 0 N–H and O–H groups in total. The van der Waals surface area contributed by atoms with Gasteiger partial charge in [-0.1, -0.05) is 6.07 Å². The van der Waals surface area contributed by atoms with Crippen molar-refractivity contribution in [1.29, 1.82) is 0 Å². The zero-order valence-electron chi connectivity index (χ0n) is 13.9. The summed E-state index contributed by atoms with van der Waals surface area (Å²) in [6, 6.07) is 15.4. The van der Waals surface area contributed by atoms with Crippen LogP contribution in [0.2, 0.25) is 0 Å². The summed E-state index contributed by atoms with van der Waals surface area (Å²) in [5, 5.41) is 8.58. The standard InChI is InChI=1S/C19H16N4O2/c1-24-16-8-6-13(11-17(16)25-2)19-22-21-18-9-7-14(12-23(18)19)15-5-3-4-10-20-15/h3-12H,1-2H3. The van der Waals surface area contributed by atoms with E-state index in [9.17, 15) is 0 Å². The van der Waals surface area contributed by atoms with Crippen LogP contribution in [0.1, 0.15) is 0 Å². The molecule has 0 radical (unpaired) electrons. The van der Waals surface area contributed by atoms with Crippen molar-refractivity contribution in [2.24, 2.45) is 0 Å². The first kappa shape index (κ1) is 15.1. The quantitative estimate of drug-likeness (QED) is 0.572. The van der Waals surface area contributed by atoms with Crippen LogP contribution >= 0.6 is 0 Å². The molecule has 0 saturated carbocycles. The first-order valence-electron chi connectivity index (χ1n) is 7.79. The molecule has 0 atom stereocenters. The normalized spacial score (nSPS) is 10.8. The monoisotopic (exact) mass is 332 g/mol. The van der Waals surface area contributed by atoms with E-state index in [2.05, 4.69) is 15.2 Å². The third-order valence-electron chi connectivity index (χ3n) is 4.00. The maximum absolute atomic E-state index is 5.39. The predicted molar refractivity (Wildman–Crippen MR) is 94.8 cm³/mol. The van der Waals surface area contributed by atoms with Crippen LogP contribution in [0.25, 0.3) is 28.3 Å². The van der Waals surface area contributed by atoms with Gasteiger partial charge in [0.25, 0.3) is 0 Å². The van der Waals surface area contributed by atoms with Gasteiger partial charge in [0.1, 0.15) is 0 Å². The van der Waals surface area contributed by atoms with Gasteiger partial charge < -0.3 is 9.47 Å². The van der Waals surface area contributed by atoms with Gasteiger partial charge in [0.15, 0.2) is 23.0 Å². The summed E-state index contributed by atoms with van der Waals surface area (Å²) in [6.45, 7) is 0. The number of pyridine rings is 2. The molecule has 124 valence electrons. The first-order chi connectivity index (χ1) is 12.3. The number of aromatic nitrogens is 4. The van der Waals surface area contributed by atoms with E-state index in [4.69, 9.17) is 9.47 Å². The maximum atomic E-state index is 5.39. The highest BCUT2D eigenvalue weighted by molar-refractivity contribution is 5.67. The molecule has 4 rings (SSSR count). The van der Waals surface area contributed by atoms with Crippen molar-refractivity contribution >= 4 is 5.65 Å². The average molecular weight is 332 g/mol. The summed E-state index contributed by atoms with van der Waals surface area (Å²) in [5.41, 5.74) is 3.55.